The predicted molar refractivity (Wildman–Crippen MR) is 95.3 cm³/mol. The molecule has 0 spiro atoms. The van der Waals surface area contributed by atoms with Crippen LogP contribution < -0.4 is 0 Å². The number of hydrogen-bond donors (Lipinski definition) is 1. The van der Waals surface area contributed by atoms with Gasteiger partial charge in [0.05, 0.1) is 5.69 Å². The predicted octanol–water partition coefficient (Wildman–Crippen LogP) is 3.19. The normalized spacial score (nSPS) is 11.6. The number of aliphatic hydroxyl groups excluding tert-OH is 1. The molecule has 0 unspecified atom stereocenters. The van der Waals surface area contributed by atoms with Gasteiger partial charge in [-0.3, -0.25) is 4.79 Å². The highest BCUT2D eigenvalue weighted by Gasteiger charge is 2.24. The van der Waals surface area contributed by atoms with Crippen molar-refractivity contribution in [1.82, 2.24) is 14.7 Å². The molecule has 1 N–H and O–H groups in total. The van der Waals surface area contributed by atoms with Crippen LogP contribution in [0.4, 0.5) is 4.39 Å². The Morgan fingerprint density at radius 3 is 2.48 bits per heavy atom. The van der Waals surface area contributed by atoms with Gasteiger partial charge in [-0.2, -0.15) is 5.10 Å². The van der Waals surface area contributed by atoms with Crippen LogP contribution in [0.5, 0.6) is 0 Å². The van der Waals surface area contributed by atoms with Crippen molar-refractivity contribution in [1.29, 1.82) is 0 Å². The second kappa shape index (κ2) is 7.78. The van der Waals surface area contributed by atoms with Gasteiger partial charge in [-0.15, -0.1) is 0 Å². The van der Waals surface area contributed by atoms with Gasteiger partial charge in [0.2, 0.25) is 0 Å². The molecule has 0 aliphatic rings. The second-order valence-corrected chi connectivity index (χ2v) is 7.42. The van der Waals surface area contributed by atoms with Crippen LogP contribution in [0.1, 0.15) is 43.4 Å². The minimum absolute atomic E-state index is 0.0387. The second-order valence-electron chi connectivity index (χ2n) is 7.42. The third-order valence-electron chi connectivity index (χ3n) is 3.72. The third kappa shape index (κ3) is 5.13. The minimum Gasteiger partial charge on any atom is -0.396 e. The van der Waals surface area contributed by atoms with E-state index in [-0.39, 0.29) is 23.7 Å². The molecular weight excluding hydrogens is 321 g/mol. The van der Waals surface area contributed by atoms with Gasteiger partial charge >= 0.3 is 0 Å². The molecule has 25 heavy (non-hydrogen) atoms. The lowest BCUT2D eigenvalue weighted by Crippen LogP contribution is -2.39. The molecule has 136 valence electrons. The van der Waals surface area contributed by atoms with Crippen molar-refractivity contribution in [3.05, 3.63) is 47.5 Å². The first-order valence-electron chi connectivity index (χ1n) is 8.44. The van der Waals surface area contributed by atoms with E-state index in [4.69, 9.17) is 5.11 Å². The number of carbonyl (C=O) groups is 1. The van der Waals surface area contributed by atoms with E-state index in [9.17, 15) is 9.18 Å². The summed E-state index contributed by atoms with van der Waals surface area (Å²) in [5.74, 6) is -0.474. The Hall–Kier alpha value is -2.21. The van der Waals surface area contributed by atoms with Crippen molar-refractivity contribution >= 4 is 5.91 Å². The molecular formula is C19H26FN3O2. The molecule has 0 aliphatic heterocycles. The van der Waals surface area contributed by atoms with Crippen LogP contribution in [-0.4, -0.2) is 45.4 Å². The van der Waals surface area contributed by atoms with Crippen molar-refractivity contribution in [3.8, 4) is 5.69 Å². The molecule has 0 radical (unpaired) electrons. The van der Waals surface area contributed by atoms with E-state index in [2.05, 4.69) is 25.9 Å². The molecule has 0 saturated carbocycles. The molecule has 0 atom stereocenters. The molecule has 0 aliphatic carbocycles. The Kier molecular flexibility index (Phi) is 5.95. The van der Waals surface area contributed by atoms with Gasteiger partial charge in [-0.1, -0.05) is 20.8 Å². The first-order chi connectivity index (χ1) is 11.7. The number of aryl methyl sites for hydroxylation is 1. The Morgan fingerprint density at radius 2 is 1.92 bits per heavy atom. The highest BCUT2D eigenvalue weighted by Crippen LogP contribution is 2.19. The van der Waals surface area contributed by atoms with Crippen molar-refractivity contribution in [2.24, 2.45) is 5.41 Å². The molecule has 1 amide bonds. The van der Waals surface area contributed by atoms with Crippen LogP contribution in [0.3, 0.4) is 0 Å². The first kappa shape index (κ1) is 19.1. The number of carbonyl (C=O) groups excluding carboxylic acids is 1. The molecule has 5 nitrogen and oxygen atoms in total. The molecule has 2 aromatic rings. The fourth-order valence-electron chi connectivity index (χ4n) is 2.67. The summed E-state index contributed by atoms with van der Waals surface area (Å²) < 4.78 is 14.7. The summed E-state index contributed by atoms with van der Waals surface area (Å²) in [6.07, 6.45) is 0.527. The summed E-state index contributed by atoms with van der Waals surface area (Å²) in [6, 6.07) is 7.72. The van der Waals surface area contributed by atoms with E-state index in [0.717, 1.165) is 5.69 Å². The summed E-state index contributed by atoms with van der Waals surface area (Å²) in [5, 5.41) is 13.5. The third-order valence-corrected chi connectivity index (χ3v) is 3.72. The lowest BCUT2D eigenvalue weighted by molar-refractivity contribution is 0.0676. The van der Waals surface area contributed by atoms with Crippen LogP contribution in [0.15, 0.2) is 30.3 Å². The maximum atomic E-state index is 13.1. The van der Waals surface area contributed by atoms with Crippen molar-refractivity contribution in [3.63, 3.8) is 0 Å². The summed E-state index contributed by atoms with van der Waals surface area (Å²) >= 11 is 0. The number of amides is 1. The number of nitrogens with zero attached hydrogens (tertiary/aromatic N) is 3. The molecule has 0 fully saturated rings. The Bertz CT molecular complexity index is 717. The molecule has 1 aromatic carbocycles. The van der Waals surface area contributed by atoms with Gasteiger partial charge in [0.15, 0.2) is 5.69 Å². The van der Waals surface area contributed by atoms with E-state index in [0.29, 0.717) is 30.9 Å². The van der Waals surface area contributed by atoms with E-state index >= 15 is 0 Å². The molecule has 0 bridgehead atoms. The van der Waals surface area contributed by atoms with Crippen LogP contribution in [0.2, 0.25) is 0 Å². The number of hydrogen-bond acceptors (Lipinski definition) is 3. The van der Waals surface area contributed by atoms with Gasteiger partial charge in [0, 0.05) is 25.4 Å². The highest BCUT2D eigenvalue weighted by molar-refractivity contribution is 5.92. The van der Waals surface area contributed by atoms with Gasteiger partial charge in [0.1, 0.15) is 5.82 Å². The Balaban J connectivity index is 2.27. The standard InChI is InChI=1S/C19H26FN3O2/c1-14-12-17(21-23(14)16-8-6-15(20)7-9-16)18(25)22(10-5-11-24)13-19(2,3)4/h6-9,12,24H,5,10-11,13H2,1-4H3. The zero-order chi connectivity index (χ0) is 18.6. The minimum atomic E-state index is -0.315. The summed E-state index contributed by atoms with van der Waals surface area (Å²) in [4.78, 5) is 14.6. The average Bonchev–Trinajstić information content (AvgIpc) is 2.92. The van der Waals surface area contributed by atoms with Crippen LogP contribution >= 0.6 is 0 Å². The number of aromatic nitrogens is 2. The quantitative estimate of drug-likeness (QED) is 0.873. The number of benzene rings is 1. The van der Waals surface area contributed by atoms with Gasteiger partial charge in [-0.25, -0.2) is 9.07 Å². The fraction of sp³-hybridized carbons (Fsp3) is 0.474. The van der Waals surface area contributed by atoms with E-state index in [1.807, 2.05) is 6.92 Å². The summed E-state index contributed by atoms with van der Waals surface area (Å²) in [7, 11) is 0. The largest absolute Gasteiger partial charge is 0.396 e. The fourth-order valence-corrected chi connectivity index (χ4v) is 2.67. The Morgan fingerprint density at radius 1 is 1.28 bits per heavy atom. The van der Waals surface area contributed by atoms with Crippen molar-refractivity contribution in [2.45, 2.75) is 34.1 Å². The van der Waals surface area contributed by atoms with Crippen molar-refractivity contribution < 1.29 is 14.3 Å². The van der Waals surface area contributed by atoms with Gasteiger partial charge in [-0.05, 0) is 49.1 Å². The number of halogens is 1. The molecule has 1 aromatic heterocycles. The van der Waals surface area contributed by atoms with Crippen LogP contribution in [0, 0.1) is 18.2 Å². The number of rotatable bonds is 6. The first-order valence-corrected chi connectivity index (χ1v) is 8.44. The van der Waals surface area contributed by atoms with Crippen molar-refractivity contribution in [2.75, 3.05) is 19.7 Å². The van der Waals surface area contributed by atoms with Crippen LogP contribution in [0.25, 0.3) is 5.69 Å². The summed E-state index contributed by atoms with van der Waals surface area (Å²) in [5.41, 5.74) is 1.80. The summed E-state index contributed by atoms with van der Waals surface area (Å²) in [6.45, 7) is 9.15. The van der Waals surface area contributed by atoms with E-state index in [1.54, 1.807) is 27.8 Å². The van der Waals surface area contributed by atoms with Gasteiger partial charge in [0.25, 0.3) is 5.91 Å². The Labute approximate surface area is 148 Å². The molecule has 0 saturated heterocycles. The lowest BCUT2D eigenvalue weighted by Gasteiger charge is -2.29. The lowest BCUT2D eigenvalue weighted by atomic mass is 9.96. The molecule has 1 heterocycles. The maximum Gasteiger partial charge on any atom is 0.274 e. The van der Waals surface area contributed by atoms with E-state index in [1.165, 1.54) is 12.1 Å². The molecule has 6 heteroatoms. The molecule has 2 rings (SSSR count). The zero-order valence-corrected chi connectivity index (χ0v) is 15.3. The SMILES string of the molecule is Cc1cc(C(=O)N(CCCO)CC(C)(C)C)nn1-c1ccc(F)cc1. The zero-order valence-electron chi connectivity index (χ0n) is 15.3. The highest BCUT2D eigenvalue weighted by atomic mass is 19.1. The van der Waals surface area contributed by atoms with Gasteiger partial charge < -0.3 is 10.0 Å². The smallest absolute Gasteiger partial charge is 0.274 e. The monoisotopic (exact) mass is 347 g/mol. The average molecular weight is 347 g/mol. The topological polar surface area (TPSA) is 58.4 Å². The number of aliphatic hydroxyl groups is 1. The maximum absolute atomic E-state index is 13.1. The van der Waals surface area contributed by atoms with E-state index < -0.39 is 0 Å². The van der Waals surface area contributed by atoms with Crippen LogP contribution in [-0.2, 0) is 0 Å².